The number of hydrogen-bond donors (Lipinski definition) is 2. The van der Waals surface area contributed by atoms with E-state index in [1.165, 1.54) is 17.7 Å². The number of pyridine rings is 1. The van der Waals surface area contributed by atoms with Crippen LogP contribution in [0.25, 0.3) is 15.7 Å². The van der Waals surface area contributed by atoms with Gasteiger partial charge in [0.2, 0.25) is 5.91 Å². The molecule has 6 rings (SSSR count). The van der Waals surface area contributed by atoms with Crippen LogP contribution in [0, 0.1) is 11.7 Å². The van der Waals surface area contributed by atoms with Gasteiger partial charge in [-0.15, -0.1) is 11.3 Å². The zero-order valence-electron chi connectivity index (χ0n) is 18.8. The number of amides is 1. The Morgan fingerprint density at radius 2 is 2.09 bits per heavy atom. The van der Waals surface area contributed by atoms with Crippen LogP contribution in [-0.4, -0.2) is 32.6 Å². The van der Waals surface area contributed by atoms with Crippen LogP contribution in [0.5, 0.6) is 5.75 Å². The van der Waals surface area contributed by atoms with Gasteiger partial charge in [-0.3, -0.25) is 4.79 Å². The number of carbonyl (C=O) groups is 1. The second-order valence-corrected chi connectivity index (χ2v) is 9.51. The summed E-state index contributed by atoms with van der Waals surface area (Å²) in [7, 11) is 1.62. The van der Waals surface area contributed by atoms with Crippen LogP contribution in [-0.2, 0) is 17.6 Å². The first-order valence-electron chi connectivity index (χ1n) is 11.2. The molecule has 4 heterocycles. The van der Waals surface area contributed by atoms with Gasteiger partial charge in [0.05, 0.1) is 29.9 Å². The number of aromatic nitrogens is 4. The number of rotatable bonds is 5. The number of hydrogen-bond acceptors (Lipinski definition) is 7. The van der Waals surface area contributed by atoms with Crippen molar-refractivity contribution in [1.82, 2.24) is 19.6 Å². The van der Waals surface area contributed by atoms with Gasteiger partial charge in [-0.2, -0.15) is 5.10 Å². The molecule has 1 aliphatic rings. The second kappa shape index (κ2) is 8.62. The molecule has 0 radical (unpaired) electrons. The van der Waals surface area contributed by atoms with E-state index >= 15 is 0 Å². The number of thiophene rings is 1. The number of carbonyl (C=O) groups excluding carboxylic acids is 1. The average Bonchev–Trinajstić information content (AvgIpc) is 3.48. The molecule has 1 atom stereocenters. The molecule has 1 aliphatic carbocycles. The summed E-state index contributed by atoms with van der Waals surface area (Å²) in [4.78, 5) is 24.0. The minimum atomic E-state index is -0.330. The Balaban J connectivity index is 1.29. The smallest absolute Gasteiger partial charge is 0.227 e. The lowest BCUT2D eigenvalue weighted by Crippen LogP contribution is -2.27. The van der Waals surface area contributed by atoms with Gasteiger partial charge < -0.3 is 15.4 Å². The molecule has 1 amide bonds. The van der Waals surface area contributed by atoms with Gasteiger partial charge in [0.1, 0.15) is 22.8 Å². The normalized spacial score (nSPS) is 15.2. The summed E-state index contributed by atoms with van der Waals surface area (Å²) < 4.78 is 20.5. The summed E-state index contributed by atoms with van der Waals surface area (Å²) in [6.07, 6.45) is 7.20. The Morgan fingerprint density at radius 3 is 2.91 bits per heavy atom. The minimum absolute atomic E-state index is 0.0528. The molecule has 35 heavy (non-hydrogen) atoms. The number of nitrogens with one attached hydrogen (secondary N) is 2. The van der Waals surface area contributed by atoms with Gasteiger partial charge in [-0.1, -0.05) is 0 Å². The van der Waals surface area contributed by atoms with Crippen molar-refractivity contribution in [2.24, 2.45) is 5.92 Å². The fraction of sp³-hybridized carbons (Fsp3) is 0.200. The summed E-state index contributed by atoms with van der Waals surface area (Å²) >= 11 is 1.60. The van der Waals surface area contributed by atoms with Gasteiger partial charge in [-0.25, -0.2) is 18.9 Å². The van der Waals surface area contributed by atoms with Crippen LogP contribution in [0.3, 0.4) is 0 Å². The van der Waals surface area contributed by atoms with Gasteiger partial charge in [0.15, 0.2) is 5.75 Å². The standard InChI is InChI=1S/C25H21FN6O2S/c1-34-20-12-32-17(8-9-29-32)11-19(20)31-23-22-18-7-2-14(10-21(18)35-25(22)28-13-27-23)24(33)30-16-5-3-15(26)4-6-16/h3-6,8-9,11-14H,2,7,10H2,1H3,(H,30,33)(H,27,28,31). The van der Waals surface area contributed by atoms with Crippen LogP contribution < -0.4 is 15.4 Å². The number of ether oxygens (including phenoxy) is 1. The molecule has 0 saturated heterocycles. The lowest BCUT2D eigenvalue weighted by atomic mass is 9.87. The van der Waals surface area contributed by atoms with Crippen molar-refractivity contribution < 1.29 is 13.9 Å². The van der Waals surface area contributed by atoms with E-state index in [1.54, 1.807) is 47.6 Å². The number of nitrogens with zero attached hydrogens (tertiary/aromatic N) is 4. The maximum Gasteiger partial charge on any atom is 0.227 e. The van der Waals surface area contributed by atoms with Gasteiger partial charge in [0.25, 0.3) is 0 Å². The Hall–Kier alpha value is -4.05. The van der Waals surface area contributed by atoms with E-state index in [0.29, 0.717) is 30.1 Å². The zero-order valence-corrected chi connectivity index (χ0v) is 19.6. The molecule has 0 saturated carbocycles. The maximum absolute atomic E-state index is 13.2. The lowest BCUT2D eigenvalue weighted by Gasteiger charge is -2.22. The highest BCUT2D eigenvalue weighted by Gasteiger charge is 2.29. The van der Waals surface area contributed by atoms with E-state index in [9.17, 15) is 9.18 Å². The molecule has 176 valence electrons. The summed E-state index contributed by atoms with van der Waals surface area (Å²) in [6.45, 7) is 0. The molecule has 1 aromatic carbocycles. The SMILES string of the molecule is COc1cn2nccc2cc1Nc1ncnc2sc3c(c12)CCC(C(=O)Nc1ccc(F)cc1)C3. The molecule has 2 N–H and O–H groups in total. The lowest BCUT2D eigenvalue weighted by molar-refractivity contribution is -0.120. The van der Waals surface area contributed by atoms with E-state index in [-0.39, 0.29) is 17.6 Å². The van der Waals surface area contributed by atoms with Crippen LogP contribution in [0.4, 0.5) is 21.6 Å². The molecule has 8 nitrogen and oxygen atoms in total. The molecule has 1 unspecified atom stereocenters. The third-order valence-electron chi connectivity index (χ3n) is 6.30. The first kappa shape index (κ1) is 21.5. The van der Waals surface area contributed by atoms with Gasteiger partial charge in [0, 0.05) is 22.7 Å². The van der Waals surface area contributed by atoms with Crippen molar-refractivity contribution in [1.29, 1.82) is 0 Å². The second-order valence-electron chi connectivity index (χ2n) is 8.42. The third-order valence-corrected chi connectivity index (χ3v) is 7.46. The quantitative estimate of drug-likeness (QED) is 0.363. The highest BCUT2D eigenvalue weighted by Crippen LogP contribution is 2.41. The summed E-state index contributed by atoms with van der Waals surface area (Å²) in [5, 5.41) is 11.6. The number of methoxy groups -OCH3 is 1. The summed E-state index contributed by atoms with van der Waals surface area (Å²) in [5.41, 5.74) is 3.50. The number of anilines is 3. The topological polar surface area (TPSA) is 93.4 Å². The fourth-order valence-corrected chi connectivity index (χ4v) is 5.81. The molecule has 4 aromatic heterocycles. The zero-order chi connectivity index (χ0) is 23.9. The predicted molar refractivity (Wildman–Crippen MR) is 133 cm³/mol. The highest BCUT2D eigenvalue weighted by molar-refractivity contribution is 7.19. The number of aryl methyl sites for hydroxylation is 1. The first-order valence-corrected chi connectivity index (χ1v) is 12.0. The Bertz CT molecular complexity index is 1560. The summed E-state index contributed by atoms with van der Waals surface area (Å²) in [5.74, 6) is 0.819. The maximum atomic E-state index is 13.2. The molecule has 0 aliphatic heterocycles. The van der Waals surface area contributed by atoms with Crippen molar-refractivity contribution in [3.05, 3.63) is 71.4 Å². The monoisotopic (exact) mass is 488 g/mol. The molecular formula is C25H21FN6O2S. The molecule has 0 fully saturated rings. The Labute approximate surface area is 203 Å². The molecule has 0 spiro atoms. The summed E-state index contributed by atoms with van der Waals surface area (Å²) in [6, 6.07) is 9.72. The molecular weight excluding hydrogens is 467 g/mol. The van der Waals surface area contributed by atoms with E-state index in [1.807, 2.05) is 18.3 Å². The van der Waals surface area contributed by atoms with Crippen molar-refractivity contribution in [3.8, 4) is 5.75 Å². The van der Waals surface area contributed by atoms with E-state index in [2.05, 4.69) is 25.7 Å². The molecule has 5 aromatic rings. The highest BCUT2D eigenvalue weighted by atomic mass is 32.1. The van der Waals surface area contributed by atoms with E-state index in [4.69, 9.17) is 4.74 Å². The number of fused-ring (bicyclic) bond motifs is 4. The van der Waals surface area contributed by atoms with Crippen LogP contribution in [0.2, 0.25) is 0 Å². The van der Waals surface area contributed by atoms with Crippen molar-refractivity contribution >= 4 is 50.2 Å². The number of halogens is 1. The van der Waals surface area contributed by atoms with Crippen molar-refractivity contribution in [3.63, 3.8) is 0 Å². The predicted octanol–water partition coefficient (Wildman–Crippen LogP) is 4.97. The van der Waals surface area contributed by atoms with Gasteiger partial charge >= 0.3 is 0 Å². The largest absolute Gasteiger partial charge is 0.493 e. The number of benzene rings is 1. The Morgan fingerprint density at radius 1 is 1.23 bits per heavy atom. The van der Waals surface area contributed by atoms with Crippen molar-refractivity contribution in [2.75, 3.05) is 17.7 Å². The van der Waals surface area contributed by atoms with Gasteiger partial charge in [-0.05, 0) is 61.2 Å². The minimum Gasteiger partial charge on any atom is -0.493 e. The Kier molecular flexibility index (Phi) is 5.29. The molecule has 10 heteroatoms. The first-order chi connectivity index (χ1) is 17.1. The van der Waals surface area contributed by atoms with E-state index in [0.717, 1.165) is 32.7 Å². The van der Waals surface area contributed by atoms with Crippen LogP contribution >= 0.6 is 11.3 Å². The van der Waals surface area contributed by atoms with E-state index < -0.39 is 0 Å². The van der Waals surface area contributed by atoms with Crippen LogP contribution in [0.1, 0.15) is 16.9 Å². The molecule has 0 bridgehead atoms. The van der Waals surface area contributed by atoms with Crippen LogP contribution in [0.15, 0.2) is 55.1 Å². The third kappa shape index (κ3) is 3.95. The average molecular weight is 489 g/mol. The van der Waals surface area contributed by atoms with Crippen molar-refractivity contribution in [2.45, 2.75) is 19.3 Å². The fourth-order valence-electron chi connectivity index (χ4n) is 4.54.